The lowest BCUT2D eigenvalue weighted by molar-refractivity contribution is 0.0945. The first-order valence-electron chi connectivity index (χ1n) is 8.08. The fraction of sp³-hybridized carbons (Fsp3) is 0.0500. The number of nitrogens with one attached hydrogen (secondary N) is 2. The maximum absolute atomic E-state index is 12.9. The predicted molar refractivity (Wildman–Crippen MR) is 101 cm³/mol. The highest BCUT2D eigenvalue weighted by molar-refractivity contribution is 6.30. The number of anilines is 1. The number of hydrogen-bond acceptors (Lipinski definition) is 3. The maximum atomic E-state index is 12.9. The number of pyridine rings is 1. The molecule has 1 aromatic heterocycles. The van der Waals surface area contributed by atoms with E-state index in [4.69, 9.17) is 11.6 Å². The summed E-state index contributed by atoms with van der Waals surface area (Å²) in [6.45, 7) is 0.222. The van der Waals surface area contributed by atoms with E-state index in [2.05, 4.69) is 15.6 Å². The molecule has 0 aliphatic rings. The Morgan fingerprint density at radius 2 is 1.59 bits per heavy atom. The molecule has 0 saturated heterocycles. The van der Waals surface area contributed by atoms with E-state index in [1.165, 1.54) is 24.3 Å². The van der Waals surface area contributed by atoms with Gasteiger partial charge in [-0.1, -0.05) is 35.9 Å². The molecule has 0 spiro atoms. The highest BCUT2D eigenvalue weighted by atomic mass is 35.5. The molecular weight excluding hydrogens is 369 g/mol. The van der Waals surface area contributed by atoms with E-state index < -0.39 is 11.8 Å². The molecule has 3 aromatic rings. The number of amides is 2. The minimum Gasteiger partial charge on any atom is -0.347 e. The van der Waals surface area contributed by atoms with Gasteiger partial charge in [-0.15, -0.1) is 0 Å². The molecule has 0 saturated carbocycles. The van der Waals surface area contributed by atoms with E-state index in [1.54, 1.807) is 42.5 Å². The second kappa shape index (κ2) is 8.42. The number of benzene rings is 2. The highest BCUT2D eigenvalue weighted by Gasteiger charge is 2.12. The van der Waals surface area contributed by atoms with E-state index in [0.29, 0.717) is 10.7 Å². The Kier molecular flexibility index (Phi) is 5.78. The summed E-state index contributed by atoms with van der Waals surface area (Å²) in [5.74, 6) is -1.23. The second-order valence-electron chi connectivity index (χ2n) is 5.68. The topological polar surface area (TPSA) is 71.1 Å². The lowest BCUT2D eigenvalue weighted by Crippen LogP contribution is -2.25. The Labute approximate surface area is 160 Å². The molecule has 0 fully saturated rings. The van der Waals surface area contributed by atoms with Crippen LogP contribution in [0.2, 0.25) is 5.02 Å². The van der Waals surface area contributed by atoms with Crippen LogP contribution in [0.4, 0.5) is 10.1 Å². The Balaban J connectivity index is 1.66. The largest absolute Gasteiger partial charge is 0.347 e. The molecule has 0 aliphatic carbocycles. The van der Waals surface area contributed by atoms with E-state index in [9.17, 15) is 14.0 Å². The average Bonchev–Trinajstić information content (AvgIpc) is 2.67. The van der Waals surface area contributed by atoms with Gasteiger partial charge in [0.1, 0.15) is 17.2 Å². The first kappa shape index (κ1) is 18.5. The molecule has 0 radical (unpaired) electrons. The van der Waals surface area contributed by atoms with Crippen LogP contribution in [0.15, 0.2) is 66.7 Å². The summed E-state index contributed by atoms with van der Waals surface area (Å²) >= 11 is 5.89. The highest BCUT2D eigenvalue weighted by Crippen LogP contribution is 2.15. The van der Waals surface area contributed by atoms with Crippen molar-refractivity contribution in [3.63, 3.8) is 0 Å². The molecule has 1 heterocycles. The SMILES string of the molecule is O=C(NCc1ccc(F)cc1)c1cccc(C(=O)Nc2cccc(Cl)c2)n1. The lowest BCUT2D eigenvalue weighted by atomic mass is 10.2. The quantitative estimate of drug-likeness (QED) is 0.698. The molecule has 2 aromatic carbocycles. The van der Waals surface area contributed by atoms with Gasteiger partial charge in [0, 0.05) is 17.3 Å². The van der Waals surface area contributed by atoms with Gasteiger partial charge in [-0.25, -0.2) is 9.37 Å². The fourth-order valence-corrected chi connectivity index (χ4v) is 2.51. The van der Waals surface area contributed by atoms with Crippen LogP contribution in [0.1, 0.15) is 26.5 Å². The van der Waals surface area contributed by atoms with Crippen LogP contribution in [0.25, 0.3) is 0 Å². The Morgan fingerprint density at radius 1 is 0.926 bits per heavy atom. The van der Waals surface area contributed by atoms with Crippen LogP contribution in [0, 0.1) is 5.82 Å². The van der Waals surface area contributed by atoms with Crippen molar-refractivity contribution < 1.29 is 14.0 Å². The molecule has 0 bridgehead atoms. The Morgan fingerprint density at radius 3 is 2.30 bits per heavy atom. The molecular formula is C20H15ClFN3O2. The minimum absolute atomic E-state index is 0.101. The summed E-state index contributed by atoms with van der Waals surface area (Å²) in [4.78, 5) is 28.7. The molecule has 5 nitrogen and oxygen atoms in total. The number of aromatic nitrogens is 1. The van der Waals surface area contributed by atoms with Gasteiger partial charge >= 0.3 is 0 Å². The number of rotatable bonds is 5. The van der Waals surface area contributed by atoms with Crippen molar-refractivity contribution in [2.45, 2.75) is 6.54 Å². The van der Waals surface area contributed by atoms with Gasteiger partial charge < -0.3 is 10.6 Å². The van der Waals surface area contributed by atoms with Gasteiger partial charge in [-0.2, -0.15) is 0 Å². The zero-order valence-electron chi connectivity index (χ0n) is 14.1. The Bertz CT molecular complexity index is 977. The van der Waals surface area contributed by atoms with Gasteiger partial charge in [-0.3, -0.25) is 9.59 Å². The van der Waals surface area contributed by atoms with E-state index in [-0.39, 0.29) is 23.7 Å². The van der Waals surface area contributed by atoms with Crippen molar-refractivity contribution in [1.29, 1.82) is 0 Å². The summed E-state index contributed by atoms with van der Waals surface area (Å²) < 4.78 is 12.9. The van der Waals surface area contributed by atoms with Crippen molar-refractivity contribution in [3.05, 3.63) is 94.5 Å². The maximum Gasteiger partial charge on any atom is 0.274 e. The van der Waals surface area contributed by atoms with Gasteiger partial charge in [0.2, 0.25) is 0 Å². The van der Waals surface area contributed by atoms with Crippen molar-refractivity contribution in [1.82, 2.24) is 10.3 Å². The molecule has 2 N–H and O–H groups in total. The number of hydrogen-bond donors (Lipinski definition) is 2. The summed E-state index contributed by atoms with van der Waals surface area (Å²) in [5.41, 5.74) is 1.49. The molecule has 7 heteroatoms. The van der Waals surface area contributed by atoms with Crippen LogP contribution < -0.4 is 10.6 Å². The third-order valence-electron chi connectivity index (χ3n) is 3.66. The summed E-state index contributed by atoms with van der Waals surface area (Å²) in [6, 6.07) is 17.1. The standard InChI is InChI=1S/C20H15ClFN3O2/c21-14-3-1-4-16(11-14)24-20(27)18-6-2-5-17(25-18)19(26)23-12-13-7-9-15(22)10-8-13/h1-11H,12H2,(H,23,26)(H,24,27). The predicted octanol–water partition coefficient (Wildman–Crippen LogP) is 4.06. The van der Waals surface area contributed by atoms with Crippen LogP contribution >= 0.6 is 11.6 Å². The minimum atomic E-state index is -0.453. The van der Waals surface area contributed by atoms with Crippen LogP contribution in [0.3, 0.4) is 0 Å². The zero-order chi connectivity index (χ0) is 19.2. The second-order valence-corrected chi connectivity index (χ2v) is 6.12. The van der Waals surface area contributed by atoms with Crippen LogP contribution in [0.5, 0.6) is 0 Å². The van der Waals surface area contributed by atoms with Crippen molar-refractivity contribution in [2.24, 2.45) is 0 Å². The molecule has 2 amide bonds. The van der Waals surface area contributed by atoms with E-state index in [1.807, 2.05) is 0 Å². The van der Waals surface area contributed by atoms with Gasteiger partial charge in [0.05, 0.1) is 0 Å². The van der Waals surface area contributed by atoms with Crippen LogP contribution in [-0.2, 0) is 6.54 Å². The monoisotopic (exact) mass is 383 g/mol. The summed E-state index contributed by atoms with van der Waals surface area (Å²) in [6.07, 6.45) is 0. The lowest BCUT2D eigenvalue weighted by Gasteiger charge is -2.08. The number of carbonyl (C=O) groups is 2. The third-order valence-corrected chi connectivity index (χ3v) is 3.90. The third kappa shape index (κ3) is 5.12. The van der Waals surface area contributed by atoms with E-state index >= 15 is 0 Å². The van der Waals surface area contributed by atoms with Crippen molar-refractivity contribution in [3.8, 4) is 0 Å². The number of halogens is 2. The molecule has 136 valence electrons. The number of carbonyl (C=O) groups excluding carboxylic acids is 2. The van der Waals surface area contributed by atoms with E-state index in [0.717, 1.165) is 5.56 Å². The molecule has 0 aliphatic heterocycles. The molecule has 0 atom stereocenters. The summed E-state index contributed by atoms with van der Waals surface area (Å²) in [5, 5.41) is 5.86. The average molecular weight is 384 g/mol. The smallest absolute Gasteiger partial charge is 0.274 e. The van der Waals surface area contributed by atoms with Gasteiger partial charge in [0.15, 0.2) is 0 Å². The fourth-order valence-electron chi connectivity index (χ4n) is 2.32. The molecule has 27 heavy (non-hydrogen) atoms. The van der Waals surface area contributed by atoms with Gasteiger partial charge in [-0.05, 0) is 48.0 Å². The zero-order valence-corrected chi connectivity index (χ0v) is 14.8. The number of nitrogens with zero attached hydrogens (tertiary/aromatic N) is 1. The first-order valence-corrected chi connectivity index (χ1v) is 8.46. The van der Waals surface area contributed by atoms with Crippen LogP contribution in [-0.4, -0.2) is 16.8 Å². The first-order chi connectivity index (χ1) is 13.0. The molecule has 0 unspecified atom stereocenters. The Hall–Kier alpha value is -3.25. The molecule has 3 rings (SSSR count). The summed E-state index contributed by atoms with van der Waals surface area (Å²) in [7, 11) is 0. The van der Waals surface area contributed by atoms with Crippen molar-refractivity contribution in [2.75, 3.05) is 5.32 Å². The van der Waals surface area contributed by atoms with Crippen molar-refractivity contribution >= 4 is 29.1 Å². The normalized spacial score (nSPS) is 10.3. The van der Waals surface area contributed by atoms with Gasteiger partial charge in [0.25, 0.3) is 11.8 Å².